The van der Waals surface area contributed by atoms with E-state index >= 15 is 0 Å². The smallest absolute Gasteiger partial charge is 0.272 e. The Morgan fingerprint density at radius 1 is 1.45 bits per heavy atom. The summed E-state index contributed by atoms with van der Waals surface area (Å²) in [5.74, 6) is 0.872. The van der Waals surface area contributed by atoms with Gasteiger partial charge in [0.05, 0.1) is 18.4 Å². The van der Waals surface area contributed by atoms with Crippen molar-refractivity contribution in [3.8, 4) is 0 Å². The van der Waals surface area contributed by atoms with Crippen LogP contribution in [0, 0.1) is 0 Å². The van der Waals surface area contributed by atoms with Crippen LogP contribution < -0.4 is 11.1 Å². The van der Waals surface area contributed by atoms with Crippen LogP contribution in [0.2, 0.25) is 0 Å². The van der Waals surface area contributed by atoms with Crippen molar-refractivity contribution in [3.63, 3.8) is 0 Å². The van der Waals surface area contributed by atoms with Crippen molar-refractivity contribution >= 4 is 11.6 Å². The summed E-state index contributed by atoms with van der Waals surface area (Å²) in [4.78, 5) is 24.4. The Kier molecular flexibility index (Phi) is 3.92. The molecule has 0 saturated carbocycles. The van der Waals surface area contributed by atoms with Gasteiger partial charge in [0, 0.05) is 13.0 Å². The van der Waals surface area contributed by atoms with Crippen LogP contribution in [0.25, 0.3) is 0 Å². The fraction of sp³-hybridized carbons (Fsp3) is 0.417. The van der Waals surface area contributed by atoms with Gasteiger partial charge in [-0.2, -0.15) is 5.10 Å². The van der Waals surface area contributed by atoms with Gasteiger partial charge in [-0.25, -0.2) is 15.0 Å². The molecule has 3 N–H and O–H groups in total. The van der Waals surface area contributed by atoms with E-state index in [-0.39, 0.29) is 29.8 Å². The van der Waals surface area contributed by atoms with E-state index in [4.69, 9.17) is 5.73 Å². The lowest BCUT2D eigenvalue weighted by molar-refractivity contribution is 0.0945. The molecule has 0 unspecified atom stereocenters. The Bertz CT molecular complexity index is 620. The second kappa shape index (κ2) is 5.64. The zero-order chi connectivity index (χ0) is 14.7. The van der Waals surface area contributed by atoms with Crippen LogP contribution in [-0.4, -0.2) is 30.6 Å². The molecule has 0 fully saturated rings. The van der Waals surface area contributed by atoms with E-state index in [1.807, 2.05) is 13.8 Å². The second-order valence-electron chi connectivity index (χ2n) is 4.70. The molecule has 0 spiro atoms. The van der Waals surface area contributed by atoms with Crippen molar-refractivity contribution in [2.75, 3.05) is 5.73 Å². The van der Waals surface area contributed by atoms with Gasteiger partial charge in [-0.1, -0.05) is 13.8 Å². The molecule has 2 rings (SSSR count). The minimum Gasteiger partial charge on any atom is -0.396 e. The van der Waals surface area contributed by atoms with Gasteiger partial charge < -0.3 is 11.1 Å². The Morgan fingerprint density at radius 2 is 2.20 bits per heavy atom. The average Bonchev–Trinajstić information content (AvgIpc) is 2.82. The van der Waals surface area contributed by atoms with Gasteiger partial charge in [0.15, 0.2) is 11.5 Å². The zero-order valence-electron chi connectivity index (χ0n) is 11.7. The molecule has 0 aliphatic rings. The molecule has 8 nitrogen and oxygen atoms in total. The highest BCUT2D eigenvalue weighted by Crippen LogP contribution is 2.13. The number of aryl methyl sites for hydroxylation is 1. The lowest BCUT2D eigenvalue weighted by Gasteiger charge is -2.08. The summed E-state index contributed by atoms with van der Waals surface area (Å²) in [6, 6.07) is 0. The van der Waals surface area contributed by atoms with Gasteiger partial charge in [-0.3, -0.25) is 9.48 Å². The normalized spacial score (nSPS) is 10.8. The Hall–Kier alpha value is -2.51. The number of hydrogen-bond acceptors (Lipinski definition) is 6. The number of nitrogens with two attached hydrogens (primary N) is 1. The Labute approximate surface area is 116 Å². The molecule has 2 aromatic heterocycles. The molecule has 0 saturated heterocycles. The van der Waals surface area contributed by atoms with Crippen molar-refractivity contribution in [2.24, 2.45) is 7.05 Å². The highest BCUT2D eigenvalue weighted by molar-refractivity contribution is 5.96. The predicted octanol–water partition coefficient (Wildman–Crippen LogP) is 0.241. The Morgan fingerprint density at radius 3 is 2.80 bits per heavy atom. The number of amides is 1. The first kappa shape index (κ1) is 13.9. The van der Waals surface area contributed by atoms with E-state index < -0.39 is 0 Å². The van der Waals surface area contributed by atoms with Crippen molar-refractivity contribution in [1.29, 1.82) is 0 Å². The van der Waals surface area contributed by atoms with E-state index in [0.29, 0.717) is 11.6 Å². The van der Waals surface area contributed by atoms with E-state index in [2.05, 4.69) is 25.4 Å². The van der Waals surface area contributed by atoms with Gasteiger partial charge in [0.25, 0.3) is 5.91 Å². The number of carbonyl (C=O) groups is 1. The number of nitrogen functional groups attached to an aromatic ring is 1. The van der Waals surface area contributed by atoms with Crippen LogP contribution in [-0.2, 0) is 13.6 Å². The minimum absolute atomic E-state index is 0.125. The molecule has 0 atom stereocenters. The molecule has 0 bridgehead atoms. The third-order valence-electron chi connectivity index (χ3n) is 2.62. The first-order chi connectivity index (χ1) is 9.47. The van der Waals surface area contributed by atoms with Crippen LogP contribution in [0.15, 0.2) is 12.5 Å². The van der Waals surface area contributed by atoms with Crippen LogP contribution >= 0.6 is 0 Å². The maximum absolute atomic E-state index is 12.1. The summed E-state index contributed by atoms with van der Waals surface area (Å²) in [5.41, 5.74) is 6.17. The second-order valence-corrected chi connectivity index (χ2v) is 4.70. The van der Waals surface area contributed by atoms with E-state index in [0.717, 1.165) is 0 Å². The standard InChI is InChI=1S/C12H17N7O/c1-7(2)11-14-4-8(13)10(17-11)12(20)15-5-9-16-6-19(3)18-9/h4,6-7H,5,13H2,1-3H3,(H,15,20). The van der Waals surface area contributed by atoms with Gasteiger partial charge >= 0.3 is 0 Å². The van der Waals surface area contributed by atoms with Gasteiger partial charge in [-0.15, -0.1) is 0 Å². The molecular weight excluding hydrogens is 258 g/mol. The molecule has 0 aromatic carbocycles. The van der Waals surface area contributed by atoms with Gasteiger partial charge in [-0.05, 0) is 0 Å². The van der Waals surface area contributed by atoms with E-state index in [9.17, 15) is 4.79 Å². The number of aromatic nitrogens is 5. The van der Waals surface area contributed by atoms with Gasteiger partial charge in [0.1, 0.15) is 12.2 Å². The quantitative estimate of drug-likeness (QED) is 0.826. The highest BCUT2D eigenvalue weighted by Gasteiger charge is 2.15. The number of rotatable bonds is 4. The van der Waals surface area contributed by atoms with Crippen LogP contribution in [0.4, 0.5) is 5.69 Å². The molecule has 8 heteroatoms. The van der Waals surface area contributed by atoms with Crippen LogP contribution in [0.5, 0.6) is 0 Å². The number of carbonyl (C=O) groups excluding carboxylic acids is 1. The molecule has 2 aromatic rings. The molecular formula is C12H17N7O. The number of anilines is 1. The highest BCUT2D eigenvalue weighted by atomic mass is 16.1. The molecule has 106 valence electrons. The van der Waals surface area contributed by atoms with Crippen molar-refractivity contribution in [1.82, 2.24) is 30.0 Å². The van der Waals surface area contributed by atoms with Crippen LogP contribution in [0.3, 0.4) is 0 Å². The van der Waals surface area contributed by atoms with Gasteiger partial charge in [0.2, 0.25) is 0 Å². The lowest BCUT2D eigenvalue weighted by Crippen LogP contribution is -2.26. The molecule has 2 heterocycles. The number of hydrogen-bond donors (Lipinski definition) is 2. The molecule has 0 aliphatic heterocycles. The first-order valence-electron chi connectivity index (χ1n) is 6.22. The third-order valence-corrected chi connectivity index (χ3v) is 2.62. The summed E-state index contributed by atoms with van der Waals surface area (Å²) >= 11 is 0. The lowest BCUT2D eigenvalue weighted by atomic mass is 10.2. The minimum atomic E-state index is -0.362. The molecule has 0 radical (unpaired) electrons. The van der Waals surface area contributed by atoms with E-state index in [1.54, 1.807) is 18.1 Å². The number of nitrogens with zero attached hydrogens (tertiary/aromatic N) is 5. The topological polar surface area (TPSA) is 112 Å². The summed E-state index contributed by atoms with van der Waals surface area (Å²) < 4.78 is 1.57. The van der Waals surface area contributed by atoms with Crippen molar-refractivity contribution < 1.29 is 4.79 Å². The SMILES string of the molecule is CC(C)c1ncc(N)c(C(=O)NCc2ncn(C)n2)n1. The van der Waals surface area contributed by atoms with Crippen LogP contribution in [0.1, 0.15) is 41.9 Å². The predicted molar refractivity (Wildman–Crippen MR) is 72.7 cm³/mol. The third kappa shape index (κ3) is 3.08. The van der Waals surface area contributed by atoms with Crippen molar-refractivity contribution in [2.45, 2.75) is 26.3 Å². The fourth-order valence-corrected chi connectivity index (χ4v) is 1.57. The average molecular weight is 275 g/mol. The molecule has 1 amide bonds. The van der Waals surface area contributed by atoms with E-state index in [1.165, 1.54) is 6.20 Å². The summed E-state index contributed by atoms with van der Waals surface area (Å²) in [6.45, 7) is 4.12. The monoisotopic (exact) mass is 275 g/mol. The summed E-state index contributed by atoms with van der Waals surface area (Å²) in [5, 5.41) is 6.76. The summed E-state index contributed by atoms with van der Waals surface area (Å²) in [6.07, 6.45) is 3.02. The largest absolute Gasteiger partial charge is 0.396 e. The maximum Gasteiger partial charge on any atom is 0.272 e. The number of nitrogens with one attached hydrogen (secondary N) is 1. The summed E-state index contributed by atoms with van der Waals surface area (Å²) in [7, 11) is 1.76. The Balaban J connectivity index is 2.10. The fourth-order valence-electron chi connectivity index (χ4n) is 1.57. The van der Waals surface area contributed by atoms with Crippen molar-refractivity contribution in [3.05, 3.63) is 29.9 Å². The molecule has 0 aliphatic carbocycles. The zero-order valence-corrected chi connectivity index (χ0v) is 11.7. The maximum atomic E-state index is 12.1. The first-order valence-corrected chi connectivity index (χ1v) is 6.22. The molecule has 20 heavy (non-hydrogen) atoms.